The third kappa shape index (κ3) is 4.32. The predicted octanol–water partition coefficient (Wildman–Crippen LogP) is 2.86. The van der Waals surface area contributed by atoms with Gasteiger partial charge in [-0.3, -0.25) is 19.7 Å². The second-order valence-electron chi connectivity index (χ2n) is 6.27. The van der Waals surface area contributed by atoms with Gasteiger partial charge in [-0.25, -0.2) is 0 Å². The van der Waals surface area contributed by atoms with Crippen molar-refractivity contribution >= 4 is 5.91 Å². The molecule has 5 heteroatoms. The molecule has 0 bridgehead atoms. The number of primary amides is 1. The van der Waals surface area contributed by atoms with E-state index in [1.807, 2.05) is 36.4 Å². The maximum Gasteiger partial charge on any atom is 0.231 e. The number of carbonyl (C=O) groups excluding carboxylic acids is 1. The molecule has 2 heterocycles. The number of hydrogen-bond donors (Lipinski definition) is 1. The van der Waals surface area contributed by atoms with Crippen molar-refractivity contribution in [2.24, 2.45) is 5.73 Å². The van der Waals surface area contributed by atoms with Crippen LogP contribution in [0.4, 0.5) is 0 Å². The Morgan fingerprint density at radius 3 is 2.23 bits per heavy atom. The molecule has 1 atom stereocenters. The van der Waals surface area contributed by atoms with Crippen LogP contribution in [0.1, 0.15) is 28.3 Å². The Bertz CT molecular complexity index is 852. The van der Waals surface area contributed by atoms with Crippen molar-refractivity contribution < 1.29 is 4.79 Å². The van der Waals surface area contributed by atoms with Crippen molar-refractivity contribution in [3.05, 3.63) is 95.6 Å². The van der Waals surface area contributed by atoms with E-state index < -0.39 is 0 Å². The van der Waals surface area contributed by atoms with Gasteiger partial charge in [0.05, 0.1) is 12.6 Å². The second-order valence-corrected chi connectivity index (χ2v) is 6.27. The molecule has 0 fully saturated rings. The highest BCUT2D eigenvalue weighted by Gasteiger charge is 2.25. The molecular weight excluding hydrogens is 324 g/mol. The fourth-order valence-corrected chi connectivity index (χ4v) is 3.19. The van der Waals surface area contributed by atoms with Gasteiger partial charge in [0.2, 0.25) is 5.91 Å². The van der Waals surface area contributed by atoms with Crippen molar-refractivity contribution in [2.75, 3.05) is 6.54 Å². The first-order valence-electron chi connectivity index (χ1n) is 8.52. The average Bonchev–Trinajstić information content (AvgIpc) is 2.65. The number of carbonyl (C=O) groups is 1. The van der Waals surface area contributed by atoms with Crippen molar-refractivity contribution in [3.63, 3.8) is 0 Å². The number of aromatic nitrogens is 2. The summed E-state index contributed by atoms with van der Waals surface area (Å²) in [6.07, 6.45) is 7.06. The Morgan fingerprint density at radius 2 is 1.62 bits per heavy atom. The molecule has 0 aliphatic carbocycles. The molecule has 2 N–H and O–H groups in total. The number of aryl methyl sites for hydroxylation is 1. The van der Waals surface area contributed by atoms with E-state index in [0.717, 1.165) is 16.7 Å². The SMILES string of the molecule is Cc1ccccc1C(c1ccncc1)N(CC(N)=O)Cc1ccncc1. The molecule has 3 rings (SSSR count). The minimum Gasteiger partial charge on any atom is -0.369 e. The maximum absolute atomic E-state index is 11.8. The van der Waals surface area contributed by atoms with E-state index in [-0.39, 0.29) is 18.5 Å². The lowest BCUT2D eigenvalue weighted by Crippen LogP contribution is -2.37. The predicted molar refractivity (Wildman–Crippen MR) is 101 cm³/mol. The Hall–Kier alpha value is -3.05. The molecule has 1 amide bonds. The van der Waals surface area contributed by atoms with Crippen LogP contribution in [-0.4, -0.2) is 27.3 Å². The van der Waals surface area contributed by atoms with Crippen LogP contribution < -0.4 is 5.73 Å². The summed E-state index contributed by atoms with van der Waals surface area (Å²) in [5.74, 6) is -0.355. The van der Waals surface area contributed by atoms with E-state index in [1.165, 1.54) is 5.56 Å². The molecule has 1 aromatic carbocycles. The van der Waals surface area contributed by atoms with Crippen LogP contribution in [-0.2, 0) is 11.3 Å². The molecule has 3 aromatic rings. The molecule has 0 spiro atoms. The normalized spacial score (nSPS) is 12.1. The summed E-state index contributed by atoms with van der Waals surface area (Å²) in [5, 5.41) is 0. The highest BCUT2D eigenvalue weighted by atomic mass is 16.1. The molecule has 1 unspecified atom stereocenters. The molecule has 2 aromatic heterocycles. The largest absolute Gasteiger partial charge is 0.369 e. The summed E-state index contributed by atoms with van der Waals surface area (Å²) in [7, 11) is 0. The zero-order chi connectivity index (χ0) is 18.4. The first-order chi connectivity index (χ1) is 12.6. The van der Waals surface area contributed by atoms with Crippen LogP contribution in [0, 0.1) is 6.92 Å². The van der Waals surface area contributed by atoms with Crippen LogP contribution in [0.3, 0.4) is 0 Å². The Morgan fingerprint density at radius 1 is 1.00 bits per heavy atom. The van der Waals surface area contributed by atoms with Crippen LogP contribution >= 0.6 is 0 Å². The van der Waals surface area contributed by atoms with Gasteiger partial charge in [0.25, 0.3) is 0 Å². The lowest BCUT2D eigenvalue weighted by atomic mass is 9.93. The van der Waals surface area contributed by atoms with Crippen LogP contribution in [0.15, 0.2) is 73.3 Å². The molecule has 26 heavy (non-hydrogen) atoms. The van der Waals surface area contributed by atoms with Gasteiger partial charge in [0.1, 0.15) is 0 Å². The van der Waals surface area contributed by atoms with E-state index in [4.69, 9.17) is 5.73 Å². The Balaban J connectivity index is 2.06. The quantitative estimate of drug-likeness (QED) is 0.714. The van der Waals surface area contributed by atoms with E-state index >= 15 is 0 Å². The number of pyridine rings is 2. The number of rotatable bonds is 7. The van der Waals surface area contributed by atoms with Crippen LogP contribution in [0.5, 0.6) is 0 Å². The zero-order valence-corrected chi connectivity index (χ0v) is 14.7. The van der Waals surface area contributed by atoms with Crippen LogP contribution in [0.25, 0.3) is 0 Å². The molecular formula is C21H22N4O. The third-order valence-electron chi connectivity index (χ3n) is 4.36. The van der Waals surface area contributed by atoms with E-state index in [2.05, 4.69) is 33.9 Å². The second kappa shape index (κ2) is 8.36. The van der Waals surface area contributed by atoms with Crippen molar-refractivity contribution in [1.82, 2.24) is 14.9 Å². The first-order valence-corrected chi connectivity index (χ1v) is 8.52. The highest BCUT2D eigenvalue weighted by molar-refractivity contribution is 5.76. The average molecular weight is 346 g/mol. The number of hydrogen-bond acceptors (Lipinski definition) is 4. The number of benzene rings is 1. The summed E-state index contributed by atoms with van der Waals surface area (Å²) < 4.78 is 0. The highest BCUT2D eigenvalue weighted by Crippen LogP contribution is 2.31. The minimum atomic E-state index is -0.355. The van der Waals surface area contributed by atoms with Crippen molar-refractivity contribution in [3.8, 4) is 0 Å². The Kier molecular flexibility index (Phi) is 5.71. The Labute approximate surface area is 153 Å². The van der Waals surface area contributed by atoms with Gasteiger partial charge in [0.15, 0.2) is 0 Å². The molecule has 0 aliphatic rings. The van der Waals surface area contributed by atoms with E-state index in [9.17, 15) is 4.79 Å². The summed E-state index contributed by atoms with van der Waals surface area (Å²) in [6, 6.07) is 16.0. The zero-order valence-electron chi connectivity index (χ0n) is 14.7. The fourth-order valence-electron chi connectivity index (χ4n) is 3.19. The fraction of sp³-hybridized carbons (Fsp3) is 0.190. The van der Waals surface area contributed by atoms with Gasteiger partial charge in [0, 0.05) is 31.3 Å². The van der Waals surface area contributed by atoms with E-state index in [0.29, 0.717) is 6.54 Å². The molecule has 0 saturated carbocycles. The minimum absolute atomic E-state index is 0.0973. The van der Waals surface area contributed by atoms with Crippen molar-refractivity contribution in [1.29, 1.82) is 0 Å². The van der Waals surface area contributed by atoms with Crippen LogP contribution in [0.2, 0.25) is 0 Å². The summed E-state index contributed by atoms with van der Waals surface area (Å²) in [5.41, 5.74) is 10.0. The molecule has 0 saturated heterocycles. The van der Waals surface area contributed by atoms with Gasteiger partial charge in [-0.1, -0.05) is 24.3 Å². The van der Waals surface area contributed by atoms with Gasteiger partial charge in [-0.15, -0.1) is 0 Å². The van der Waals surface area contributed by atoms with Gasteiger partial charge < -0.3 is 5.73 Å². The summed E-state index contributed by atoms with van der Waals surface area (Å²) in [6.45, 7) is 2.83. The number of amides is 1. The smallest absolute Gasteiger partial charge is 0.231 e. The van der Waals surface area contributed by atoms with E-state index in [1.54, 1.807) is 24.8 Å². The summed E-state index contributed by atoms with van der Waals surface area (Å²) >= 11 is 0. The monoisotopic (exact) mass is 346 g/mol. The van der Waals surface area contributed by atoms with Gasteiger partial charge >= 0.3 is 0 Å². The lowest BCUT2D eigenvalue weighted by molar-refractivity contribution is -0.119. The number of nitrogens with zero attached hydrogens (tertiary/aromatic N) is 3. The standard InChI is InChI=1S/C21H22N4O/c1-16-4-2-3-5-19(16)21(18-8-12-24-13-9-18)25(15-20(22)26)14-17-6-10-23-11-7-17/h2-13,21H,14-15H2,1H3,(H2,22,26). The van der Waals surface area contributed by atoms with Crippen molar-refractivity contribution in [2.45, 2.75) is 19.5 Å². The lowest BCUT2D eigenvalue weighted by Gasteiger charge is -2.32. The molecule has 0 aliphatic heterocycles. The molecule has 132 valence electrons. The summed E-state index contributed by atoms with van der Waals surface area (Å²) in [4.78, 5) is 22.1. The van der Waals surface area contributed by atoms with Gasteiger partial charge in [-0.2, -0.15) is 0 Å². The van der Waals surface area contributed by atoms with Gasteiger partial charge in [-0.05, 0) is 53.4 Å². The number of nitrogens with two attached hydrogens (primary N) is 1. The first kappa shape index (κ1) is 17.8. The maximum atomic E-state index is 11.8. The molecule has 5 nitrogen and oxygen atoms in total. The third-order valence-corrected chi connectivity index (χ3v) is 4.36. The topological polar surface area (TPSA) is 72.1 Å². The molecule has 0 radical (unpaired) electrons.